The summed E-state index contributed by atoms with van der Waals surface area (Å²) >= 11 is 0. The minimum atomic E-state index is 0.00534. The van der Waals surface area contributed by atoms with Gasteiger partial charge in [-0.05, 0) is 107 Å². The van der Waals surface area contributed by atoms with Crippen molar-refractivity contribution in [3.8, 4) is 22.5 Å². The minimum absolute atomic E-state index is 0.00534. The Hall–Kier alpha value is -7.43. The van der Waals surface area contributed by atoms with Crippen molar-refractivity contribution in [2.75, 3.05) is 7.05 Å². The first-order chi connectivity index (χ1) is 30.0. The van der Waals surface area contributed by atoms with Gasteiger partial charge in [-0.3, -0.25) is 0 Å². The first kappa shape index (κ1) is 36.6. The smallest absolute Gasteiger partial charge is 0.137 e. The van der Waals surface area contributed by atoms with E-state index in [9.17, 15) is 0 Å². The number of para-hydroxylation sites is 3. The van der Waals surface area contributed by atoms with E-state index in [0.29, 0.717) is 5.92 Å². The third-order valence-corrected chi connectivity index (χ3v) is 12.9. The molecule has 61 heavy (non-hydrogen) atoms. The van der Waals surface area contributed by atoms with Crippen LogP contribution in [0.1, 0.15) is 54.5 Å². The maximum absolute atomic E-state index is 5.27. The van der Waals surface area contributed by atoms with Crippen LogP contribution in [0.4, 0.5) is 0 Å². The average molecular weight is 787 g/mol. The third kappa shape index (κ3) is 6.26. The number of hydrogen-bond donors (Lipinski definition) is 0. The van der Waals surface area contributed by atoms with Crippen molar-refractivity contribution in [1.82, 2.24) is 14.0 Å². The Kier molecular flexibility index (Phi) is 9.00. The Labute approximate surface area is 357 Å². The summed E-state index contributed by atoms with van der Waals surface area (Å²) in [5.41, 5.74) is 15.4. The predicted molar refractivity (Wildman–Crippen MR) is 257 cm³/mol. The van der Waals surface area contributed by atoms with Gasteiger partial charge in [-0.1, -0.05) is 147 Å². The van der Waals surface area contributed by atoms with Crippen molar-refractivity contribution in [2.24, 2.45) is 4.99 Å². The van der Waals surface area contributed by atoms with Gasteiger partial charge in [-0.2, -0.15) is 0 Å². The van der Waals surface area contributed by atoms with Crippen LogP contribution in [0.25, 0.3) is 71.8 Å². The van der Waals surface area contributed by atoms with E-state index >= 15 is 0 Å². The Morgan fingerprint density at radius 1 is 0.475 bits per heavy atom. The second kappa shape index (κ2) is 15.0. The number of aliphatic imine (C=N–C) groups is 1. The highest BCUT2D eigenvalue weighted by molar-refractivity contribution is 6.12. The second-order valence-electron chi connectivity index (χ2n) is 16.4. The summed E-state index contributed by atoms with van der Waals surface area (Å²) in [6.07, 6.45) is 3.44. The van der Waals surface area contributed by atoms with E-state index in [-0.39, 0.29) is 6.04 Å². The number of benzene rings is 8. The summed E-state index contributed by atoms with van der Waals surface area (Å²) in [4.78, 5) is 7.58. The van der Waals surface area contributed by atoms with Crippen molar-refractivity contribution < 1.29 is 0 Å². The van der Waals surface area contributed by atoms with Crippen LogP contribution >= 0.6 is 0 Å². The van der Waals surface area contributed by atoms with Crippen LogP contribution in [-0.2, 0) is 0 Å². The Morgan fingerprint density at radius 2 is 0.967 bits per heavy atom. The van der Waals surface area contributed by atoms with Gasteiger partial charge < -0.3 is 14.0 Å². The molecule has 1 aliphatic rings. The lowest BCUT2D eigenvalue weighted by molar-refractivity contribution is 0.435. The molecule has 294 valence electrons. The Morgan fingerprint density at radius 3 is 1.54 bits per heavy atom. The van der Waals surface area contributed by atoms with Crippen LogP contribution in [0.2, 0.25) is 0 Å². The van der Waals surface area contributed by atoms with Crippen LogP contribution in [0.3, 0.4) is 0 Å². The lowest BCUT2D eigenvalue weighted by Crippen LogP contribution is -2.33. The molecule has 0 N–H and O–H groups in total. The predicted octanol–water partition coefficient (Wildman–Crippen LogP) is 14.5. The number of likely N-dealkylation sites (N-methyl/N-ethyl adjacent to an activating group) is 1. The average Bonchev–Trinajstić information content (AvgIpc) is 3.84. The quantitative estimate of drug-likeness (QED) is 0.151. The fourth-order valence-electron chi connectivity index (χ4n) is 9.44. The number of aromatic nitrogens is 2. The zero-order valence-corrected chi connectivity index (χ0v) is 34.7. The van der Waals surface area contributed by atoms with Crippen LogP contribution in [-0.4, -0.2) is 26.9 Å². The molecule has 0 saturated carbocycles. The highest BCUT2D eigenvalue weighted by Gasteiger charge is 2.26. The molecule has 2 aromatic heterocycles. The molecule has 2 unspecified atom stereocenters. The summed E-state index contributed by atoms with van der Waals surface area (Å²) in [6.45, 7) is 4.54. The van der Waals surface area contributed by atoms with E-state index in [1.54, 1.807) is 0 Å². The first-order valence-electron chi connectivity index (χ1n) is 21.5. The summed E-state index contributed by atoms with van der Waals surface area (Å²) < 4.78 is 4.79. The summed E-state index contributed by atoms with van der Waals surface area (Å²) in [7, 11) is 2.16. The van der Waals surface area contributed by atoms with Crippen molar-refractivity contribution >= 4 is 55.1 Å². The molecule has 0 bridgehead atoms. The van der Waals surface area contributed by atoms with E-state index in [2.05, 4.69) is 235 Å². The van der Waals surface area contributed by atoms with Crippen LogP contribution in [0, 0.1) is 0 Å². The number of rotatable bonds is 8. The molecule has 0 saturated heterocycles. The topological polar surface area (TPSA) is 25.5 Å². The molecule has 0 spiro atoms. The molecule has 11 rings (SSSR count). The van der Waals surface area contributed by atoms with E-state index in [1.165, 1.54) is 71.6 Å². The maximum Gasteiger partial charge on any atom is 0.137 e. The molecule has 8 aromatic carbocycles. The van der Waals surface area contributed by atoms with Crippen LogP contribution < -0.4 is 0 Å². The maximum atomic E-state index is 5.27. The lowest BCUT2D eigenvalue weighted by Gasteiger charge is -2.33. The normalized spacial score (nSPS) is 14.8. The van der Waals surface area contributed by atoms with E-state index in [4.69, 9.17) is 4.99 Å². The van der Waals surface area contributed by atoms with Crippen molar-refractivity contribution in [3.63, 3.8) is 0 Å². The van der Waals surface area contributed by atoms with Gasteiger partial charge in [0.15, 0.2) is 0 Å². The van der Waals surface area contributed by atoms with Crippen molar-refractivity contribution in [3.05, 3.63) is 222 Å². The molecule has 4 heteroatoms. The molecule has 4 nitrogen and oxygen atoms in total. The molecule has 0 aliphatic carbocycles. The van der Waals surface area contributed by atoms with Gasteiger partial charge in [0, 0.05) is 45.5 Å². The zero-order valence-electron chi connectivity index (χ0n) is 34.7. The molecular formula is C57H46N4. The molecule has 2 atom stereocenters. The minimum Gasteiger partial charge on any atom is -0.349 e. The first-order valence-corrected chi connectivity index (χ1v) is 21.5. The molecule has 0 amide bonds. The SMILES string of the molecule is CCC(C)c1ccc(C2=CC(c3ccc(-n4c5ccccc5c5cc(-c6ccc7c(c6)c6ccccc6n7-c6ccccc6)ccc54)cc3)N(C)C(c3ccccc3)=N2)cc1. The van der Waals surface area contributed by atoms with Crippen molar-refractivity contribution in [2.45, 2.75) is 32.2 Å². The van der Waals surface area contributed by atoms with Gasteiger partial charge in [0.25, 0.3) is 0 Å². The van der Waals surface area contributed by atoms with Crippen molar-refractivity contribution in [1.29, 1.82) is 0 Å². The van der Waals surface area contributed by atoms with Gasteiger partial charge in [-0.15, -0.1) is 0 Å². The lowest BCUT2D eigenvalue weighted by atomic mass is 9.95. The second-order valence-corrected chi connectivity index (χ2v) is 16.4. The van der Waals surface area contributed by atoms with E-state index < -0.39 is 0 Å². The number of fused-ring (bicyclic) bond motifs is 6. The summed E-state index contributed by atoms with van der Waals surface area (Å²) in [5, 5.41) is 5.00. The van der Waals surface area contributed by atoms with E-state index in [0.717, 1.165) is 34.8 Å². The number of hydrogen-bond acceptors (Lipinski definition) is 2. The van der Waals surface area contributed by atoms with Gasteiger partial charge >= 0.3 is 0 Å². The van der Waals surface area contributed by atoms with Gasteiger partial charge in [0.05, 0.1) is 33.8 Å². The highest BCUT2D eigenvalue weighted by Crippen LogP contribution is 2.39. The molecule has 3 heterocycles. The summed E-state index contributed by atoms with van der Waals surface area (Å²) in [6, 6.07) is 70.8. The Bertz CT molecular complexity index is 3300. The number of amidine groups is 1. The highest BCUT2D eigenvalue weighted by atomic mass is 15.2. The van der Waals surface area contributed by atoms with Gasteiger partial charge in [0.2, 0.25) is 0 Å². The van der Waals surface area contributed by atoms with Crippen LogP contribution in [0.15, 0.2) is 205 Å². The third-order valence-electron chi connectivity index (χ3n) is 12.9. The van der Waals surface area contributed by atoms with Crippen LogP contribution in [0.5, 0.6) is 0 Å². The molecule has 0 radical (unpaired) electrons. The largest absolute Gasteiger partial charge is 0.349 e. The Balaban J connectivity index is 0.975. The fraction of sp³-hybridized carbons (Fsp3) is 0.105. The number of nitrogens with zero attached hydrogens (tertiary/aromatic N) is 4. The standard InChI is InChI=1S/C57H46N4/c1-4-38(2)39-23-25-40(26-24-39)51-37-56(59(3)57(58-51)42-15-7-5-8-16-42)41-27-31-46(32-28-41)61-53-22-14-12-20-48(53)50-36-44(30-34-55(50)61)43-29-33-54-49(35-43)47-19-11-13-21-52(47)60(54)45-17-9-6-10-18-45/h5-38,56H,4H2,1-3H3. The fourth-order valence-corrected chi connectivity index (χ4v) is 9.44. The molecule has 1 aliphatic heterocycles. The van der Waals surface area contributed by atoms with E-state index in [1.807, 2.05) is 0 Å². The monoisotopic (exact) mass is 786 g/mol. The zero-order chi connectivity index (χ0) is 41.0. The van der Waals surface area contributed by atoms with Gasteiger partial charge in [0.1, 0.15) is 5.84 Å². The molecular weight excluding hydrogens is 741 g/mol. The molecule has 0 fully saturated rings. The van der Waals surface area contributed by atoms with Gasteiger partial charge in [-0.25, -0.2) is 4.99 Å². The summed E-state index contributed by atoms with van der Waals surface area (Å²) in [5.74, 6) is 1.50. The molecule has 10 aromatic rings.